The van der Waals surface area contributed by atoms with E-state index in [-0.39, 0.29) is 11.7 Å². The molecule has 1 aliphatic carbocycles. The van der Waals surface area contributed by atoms with E-state index < -0.39 is 5.41 Å². The highest BCUT2D eigenvalue weighted by atomic mass is 19.1. The maximum absolute atomic E-state index is 13.5. The van der Waals surface area contributed by atoms with Gasteiger partial charge in [-0.25, -0.2) is 4.39 Å². The van der Waals surface area contributed by atoms with Crippen molar-refractivity contribution < 1.29 is 9.18 Å². The number of benzene rings is 1. The molecule has 0 heterocycles. The van der Waals surface area contributed by atoms with Gasteiger partial charge in [-0.15, -0.1) is 0 Å². The molecule has 0 saturated heterocycles. The zero-order valence-electron chi connectivity index (χ0n) is 13.1. The molecule has 1 aromatic carbocycles. The Morgan fingerprint density at radius 2 is 2.05 bits per heavy atom. The van der Waals surface area contributed by atoms with Crippen LogP contribution in [0.3, 0.4) is 0 Å². The van der Waals surface area contributed by atoms with Crippen LogP contribution in [0.4, 0.5) is 4.39 Å². The maximum atomic E-state index is 13.5. The van der Waals surface area contributed by atoms with Gasteiger partial charge in [0.05, 0.1) is 5.41 Å². The van der Waals surface area contributed by atoms with Gasteiger partial charge in [0, 0.05) is 6.54 Å². The summed E-state index contributed by atoms with van der Waals surface area (Å²) in [6, 6.07) is 6.56. The zero-order chi connectivity index (χ0) is 15.3. The molecule has 0 radical (unpaired) electrons. The second-order valence-corrected chi connectivity index (χ2v) is 6.59. The Morgan fingerprint density at radius 3 is 2.67 bits per heavy atom. The third-order valence-corrected chi connectivity index (χ3v) is 4.51. The van der Waals surface area contributed by atoms with Crippen molar-refractivity contribution in [1.82, 2.24) is 5.32 Å². The molecule has 1 N–H and O–H groups in total. The summed E-state index contributed by atoms with van der Waals surface area (Å²) in [6.45, 7) is 5.09. The lowest BCUT2D eigenvalue weighted by Crippen LogP contribution is -2.43. The summed E-state index contributed by atoms with van der Waals surface area (Å²) in [6.07, 6.45) is 5.85. The van der Waals surface area contributed by atoms with Crippen LogP contribution >= 0.6 is 0 Å². The van der Waals surface area contributed by atoms with Gasteiger partial charge >= 0.3 is 0 Å². The van der Waals surface area contributed by atoms with Gasteiger partial charge < -0.3 is 5.32 Å². The molecule has 0 aliphatic heterocycles. The fourth-order valence-electron chi connectivity index (χ4n) is 3.29. The number of halogens is 1. The van der Waals surface area contributed by atoms with Crippen LogP contribution in [0.25, 0.3) is 0 Å². The fourth-order valence-corrected chi connectivity index (χ4v) is 3.29. The van der Waals surface area contributed by atoms with Gasteiger partial charge in [0.1, 0.15) is 5.82 Å². The number of amides is 1. The third kappa shape index (κ3) is 3.84. The molecule has 0 bridgehead atoms. The monoisotopic (exact) mass is 291 g/mol. The van der Waals surface area contributed by atoms with Crippen molar-refractivity contribution >= 4 is 5.91 Å². The molecule has 21 heavy (non-hydrogen) atoms. The van der Waals surface area contributed by atoms with E-state index in [0.717, 1.165) is 44.1 Å². The third-order valence-electron chi connectivity index (χ3n) is 4.51. The van der Waals surface area contributed by atoms with E-state index in [1.54, 1.807) is 6.07 Å². The van der Waals surface area contributed by atoms with E-state index in [0.29, 0.717) is 12.5 Å². The highest BCUT2D eigenvalue weighted by Crippen LogP contribution is 2.41. The summed E-state index contributed by atoms with van der Waals surface area (Å²) in [7, 11) is 0. The average Bonchev–Trinajstić information content (AvgIpc) is 2.94. The van der Waals surface area contributed by atoms with Crippen LogP contribution in [-0.2, 0) is 10.2 Å². The zero-order valence-corrected chi connectivity index (χ0v) is 13.1. The quantitative estimate of drug-likeness (QED) is 0.782. The van der Waals surface area contributed by atoms with Crippen LogP contribution < -0.4 is 5.32 Å². The number of nitrogens with one attached hydrogen (secondary N) is 1. The van der Waals surface area contributed by atoms with Gasteiger partial charge in [-0.2, -0.15) is 0 Å². The molecule has 1 aromatic rings. The van der Waals surface area contributed by atoms with Gasteiger partial charge in [-0.3, -0.25) is 4.79 Å². The Labute approximate surface area is 127 Å². The van der Waals surface area contributed by atoms with Gasteiger partial charge in [0.25, 0.3) is 0 Å². The van der Waals surface area contributed by atoms with E-state index in [2.05, 4.69) is 19.2 Å². The number of rotatable bonds is 6. The summed E-state index contributed by atoms with van der Waals surface area (Å²) in [5, 5.41) is 3.08. The Kier molecular flexibility index (Phi) is 5.38. The normalized spacial score (nSPS) is 17.1. The minimum absolute atomic E-state index is 0.0781. The van der Waals surface area contributed by atoms with E-state index in [4.69, 9.17) is 0 Å². The van der Waals surface area contributed by atoms with Crippen molar-refractivity contribution in [2.45, 2.75) is 57.8 Å². The topological polar surface area (TPSA) is 29.1 Å². The summed E-state index contributed by atoms with van der Waals surface area (Å²) in [5.74, 6) is 0.478. The van der Waals surface area contributed by atoms with Crippen molar-refractivity contribution in [3.63, 3.8) is 0 Å². The molecule has 0 aromatic heterocycles. The minimum Gasteiger partial charge on any atom is -0.355 e. The molecular formula is C18H26FNO. The first-order valence-electron chi connectivity index (χ1n) is 8.09. The molecule has 1 amide bonds. The van der Waals surface area contributed by atoms with E-state index in [1.165, 1.54) is 12.1 Å². The summed E-state index contributed by atoms with van der Waals surface area (Å²) in [5.41, 5.74) is 0.321. The predicted octanol–water partition coefficient (Wildman–Crippen LogP) is 4.19. The highest BCUT2D eigenvalue weighted by molar-refractivity contribution is 5.88. The van der Waals surface area contributed by atoms with Crippen LogP contribution in [0.2, 0.25) is 0 Å². The lowest BCUT2D eigenvalue weighted by molar-refractivity contribution is -0.126. The summed E-state index contributed by atoms with van der Waals surface area (Å²) < 4.78 is 13.5. The Morgan fingerprint density at radius 1 is 1.33 bits per heavy atom. The minimum atomic E-state index is -0.514. The molecule has 116 valence electrons. The summed E-state index contributed by atoms with van der Waals surface area (Å²) >= 11 is 0. The maximum Gasteiger partial charge on any atom is 0.230 e. The Balaban J connectivity index is 2.06. The van der Waals surface area contributed by atoms with Crippen molar-refractivity contribution in [2.75, 3.05) is 6.54 Å². The second kappa shape index (κ2) is 7.06. The predicted molar refractivity (Wildman–Crippen MR) is 83.6 cm³/mol. The molecule has 0 unspecified atom stereocenters. The van der Waals surface area contributed by atoms with Gasteiger partial charge in [-0.05, 0) is 49.3 Å². The molecule has 3 heteroatoms. The molecule has 2 rings (SSSR count). The lowest BCUT2D eigenvalue weighted by Gasteiger charge is -2.28. The number of carbonyl (C=O) groups excluding carboxylic acids is 1. The van der Waals surface area contributed by atoms with Gasteiger partial charge in [0.15, 0.2) is 0 Å². The highest BCUT2D eigenvalue weighted by Gasteiger charge is 2.42. The van der Waals surface area contributed by atoms with Crippen LogP contribution in [0.5, 0.6) is 0 Å². The van der Waals surface area contributed by atoms with Gasteiger partial charge in [0.2, 0.25) is 5.91 Å². The Bertz CT molecular complexity index is 478. The standard InChI is InChI=1S/C18H26FNO/c1-14(2)7-6-12-20-17(21)18(10-3-4-11-18)15-8-5-9-16(19)13-15/h5,8-9,13-14H,3-4,6-7,10-12H2,1-2H3,(H,20,21). The molecule has 0 atom stereocenters. The van der Waals surface area contributed by atoms with Crippen molar-refractivity contribution in [3.8, 4) is 0 Å². The molecule has 2 nitrogen and oxygen atoms in total. The molecule has 1 aliphatic rings. The number of carbonyl (C=O) groups is 1. The van der Waals surface area contributed by atoms with Crippen LogP contribution in [0.1, 0.15) is 57.9 Å². The van der Waals surface area contributed by atoms with E-state index in [9.17, 15) is 9.18 Å². The van der Waals surface area contributed by atoms with Crippen molar-refractivity contribution in [3.05, 3.63) is 35.6 Å². The van der Waals surface area contributed by atoms with Crippen molar-refractivity contribution in [1.29, 1.82) is 0 Å². The van der Waals surface area contributed by atoms with Crippen molar-refractivity contribution in [2.24, 2.45) is 5.92 Å². The van der Waals surface area contributed by atoms with Crippen LogP contribution in [0.15, 0.2) is 24.3 Å². The molecule has 1 saturated carbocycles. The van der Waals surface area contributed by atoms with Gasteiger partial charge in [-0.1, -0.05) is 38.8 Å². The molecule has 1 fully saturated rings. The second-order valence-electron chi connectivity index (χ2n) is 6.59. The van der Waals surface area contributed by atoms with E-state index >= 15 is 0 Å². The number of hydrogen-bond acceptors (Lipinski definition) is 1. The largest absolute Gasteiger partial charge is 0.355 e. The average molecular weight is 291 g/mol. The van der Waals surface area contributed by atoms with E-state index in [1.807, 2.05) is 6.07 Å². The SMILES string of the molecule is CC(C)CCCNC(=O)C1(c2cccc(F)c2)CCCC1. The summed E-state index contributed by atoms with van der Waals surface area (Å²) in [4.78, 5) is 12.7. The van der Waals surface area contributed by atoms with Crippen LogP contribution in [0, 0.1) is 11.7 Å². The Hall–Kier alpha value is -1.38. The fraction of sp³-hybridized carbons (Fsp3) is 0.611. The lowest BCUT2D eigenvalue weighted by atomic mass is 9.78. The number of hydrogen-bond donors (Lipinski definition) is 1. The molecule has 0 spiro atoms. The first-order valence-corrected chi connectivity index (χ1v) is 8.09. The first kappa shape index (κ1) is 16.0. The van der Waals surface area contributed by atoms with Crippen LogP contribution in [-0.4, -0.2) is 12.5 Å². The smallest absolute Gasteiger partial charge is 0.230 e. The first-order chi connectivity index (χ1) is 10.0. The molecular weight excluding hydrogens is 265 g/mol.